The van der Waals surface area contributed by atoms with Crippen LogP contribution in [0.5, 0.6) is 0 Å². The highest BCUT2D eigenvalue weighted by molar-refractivity contribution is 5.79. The van der Waals surface area contributed by atoms with E-state index >= 15 is 0 Å². The molecule has 4 rings (SSSR count). The Bertz CT molecular complexity index is 808. The smallest absolute Gasteiger partial charge is 0.227 e. The van der Waals surface area contributed by atoms with Crippen molar-refractivity contribution >= 4 is 11.9 Å². The zero-order chi connectivity index (χ0) is 18.1. The van der Waals surface area contributed by atoms with Crippen LogP contribution in [0.3, 0.4) is 0 Å². The van der Waals surface area contributed by atoms with Gasteiger partial charge in [-0.1, -0.05) is 12.1 Å². The molecule has 1 aromatic heterocycles. The van der Waals surface area contributed by atoms with Crippen molar-refractivity contribution in [2.24, 2.45) is 5.41 Å². The van der Waals surface area contributed by atoms with E-state index in [0.29, 0.717) is 25.1 Å². The summed E-state index contributed by atoms with van der Waals surface area (Å²) in [5.41, 5.74) is 0.244. The fourth-order valence-electron chi connectivity index (χ4n) is 4.08. The van der Waals surface area contributed by atoms with E-state index in [1.807, 2.05) is 0 Å². The number of likely N-dealkylation sites (tertiary alicyclic amines) is 1. The monoisotopic (exact) mass is 358 g/mol. The molecule has 5 nitrogen and oxygen atoms in total. The second kappa shape index (κ2) is 6.63. The summed E-state index contributed by atoms with van der Waals surface area (Å²) in [6.07, 6.45) is 6.17. The molecule has 1 aliphatic heterocycles. The van der Waals surface area contributed by atoms with Gasteiger partial charge in [0.2, 0.25) is 11.9 Å². The van der Waals surface area contributed by atoms with Gasteiger partial charge in [0.05, 0.1) is 6.42 Å². The van der Waals surface area contributed by atoms with Crippen LogP contribution in [0.15, 0.2) is 36.7 Å². The fraction of sp³-hybridized carbons (Fsp3) is 0.421. The lowest BCUT2D eigenvalue weighted by Crippen LogP contribution is -2.47. The van der Waals surface area contributed by atoms with Crippen molar-refractivity contribution in [2.75, 3.05) is 18.4 Å². The van der Waals surface area contributed by atoms with Crippen molar-refractivity contribution in [2.45, 2.75) is 31.7 Å². The van der Waals surface area contributed by atoms with Crippen LogP contribution in [0.4, 0.5) is 14.7 Å². The molecule has 1 N–H and O–H groups in total. The van der Waals surface area contributed by atoms with E-state index in [2.05, 4.69) is 15.3 Å². The third-order valence-corrected chi connectivity index (χ3v) is 5.42. The maximum absolute atomic E-state index is 13.8. The number of hydrogen-bond donors (Lipinski definition) is 1. The molecular formula is C19H20F2N4O. The van der Waals surface area contributed by atoms with Crippen molar-refractivity contribution in [3.63, 3.8) is 0 Å². The summed E-state index contributed by atoms with van der Waals surface area (Å²) in [5.74, 6) is -1.36. The topological polar surface area (TPSA) is 58.1 Å². The quantitative estimate of drug-likeness (QED) is 0.913. The van der Waals surface area contributed by atoms with Crippen LogP contribution in [-0.4, -0.2) is 39.9 Å². The molecule has 1 saturated heterocycles. The standard InChI is InChI=1S/C19H20F2N4O/c20-15-4-1-3-13(17(15)21)9-16(26)25-8-5-19(12-25)10-14(11-19)24-18-22-6-2-7-23-18/h1-4,6-7,14H,5,8-12H2,(H,22,23,24). The number of aromatic nitrogens is 2. The van der Waals surface area contributed by atoms with Gasteiger partial charge in [0.15, 0.2) is 11.6 Å². The first-order valence-electron chi connectivity index (χ1n) is 8.79. The Morgan fingerprint density at radius 3 is 2.77 bits per heavy atom. The van der Waals surface area contributed by atoms with Gasteiger partial charge in [-0.3, -0.25) is 4.79 Å². The number of rotatable bonds is 4. The highest BCUT2D eigenvalue weighted by atomic mass is 19.2. The summed E-state index contributed by atoms with van der Waals surface area (Å²) in [6, 6.07) is 6.04. The van der Waals surface area contributed by atoms with Gasteiger partial charge in [-0.05, 0) is 36.8 Å². The van der Waals surface area contributed by atoms with Crippen molar-refractivity contribution in [3.05, 3.63) is 53.9 Å². The van der Waals surface area contributed by atoms with Crippen LogP contribution in [-0.2, 0) is 11.2 Å². The predicted octanol–water partition coefficient (Wildman–Crippen LogP) is 2.79. The number of nitrogens with zero attached hydrogens (tertiary/aromatic N) is 3. The molecule has 136 valence electrons. The molecule has 2 heterocycles. The SMILES string of the molecule is O=C(Cc1cccc(F)c1F)N1CCC2(CC(Nc3ncccn3)C2)C1. The summed E-state index contributed by atoms with van der Waals surface area (Å²) < 4.78 is 27.1. The fourth-order valence-corrected chi connectivity index (χ4v) is 4.08. The number of amides is 1. The maximum Gasteiger partial charge on any atom is 0.227 e. The molecule has 1 aliphatic carbocycles. The molecule has 0 radical (unpaired) electrons. The largest absolute Gasteiger partial charge is 0.351 e. The van der Waals surface area contributed by atoms with Gasteiger partial charge in [0.1, 0.15) is 0 Å². The highest BCUT2D eigenvalue weighted by Gasteiger charge is 2.49. The summed E-state index contributed by atoms with van der Waals surface area (Å²) in [4.78, 5) is 22.6. The summed E-state index contributed by atoms with van der Waals surface area (Å²) >= 11 is 0. The zero-order valence-corrected chi connectivity index (χ0v) is 14.3. The summed E-state index contributed by atoms with van der Waals surface area (Å²) in [6.45, 7) is 1.35. The van der Waals surface area contributed by atoms with Gasteiger partial charge in [-0.2, -0.15) is 0 Å². The summed E-state index contributed by atoms with van der Waals surface area (Å²) in [5, 5.41) is 3.31. The van der Waals surface area contributed by atoms with Gasteiger partial charge >= 0.3 is 0 Å². The number of hydrogen-bond acceptors (Lipinski definition) is 4. The summed E-state index contributed by atoms with van der Waals surface area (Å²) in [7, 11) is 0. The van der Waals surface area contributed by atoms with Gasteiger partial charge in [-0.25, -0.2) is 18.7 Å². The van der Waals surface area contributed by atoms with Gasteiger partial charge in [-0.15, -0.1) is 0 Å². The van der Waals surface area contributed by atoms with E-state index in [-0.39, 0.29) is 23.3 Å². The van der Waals surface area contributed by atoms with E-state index in [1.54, 1.807) is 23.4 Å². The van der Waals surface area contributed by atoms with Crippen LogP contribution < -0.4 is 5.32 Å². The third-order valence-electron chi connectivity index (χ3n) is 5.42. The van der Waals surface area contributed by atoms with Crippen LogP contribution in [0.1, 0.15) is 24.8 Å². The van der Waals surface area contributed by atoms with Crippen LogP contribution in [0.25, 0.3) is 0 Å². The predicted molar refractivity (Wildman–Crippen MR) is 92.4 cm³/mol. The first-order chi connectivity index (χ1) is 12.5. The molecule has 0 unspecified atom stereocenters. The number of benzene rings is 1. The Kier molecular flexibility index (Phi) is 4.30. The van der Waals surface area contributed by atoms with Gasteiger partial charge < -0.3 is 10.2 Å². The number of nitrogens with one attached hydrogen (secondary N) is 1. The Balaban J connectivity index is 1.31. The van der Waals surface area contributed by atoms with Crippen molar-refractivity contribution < 1.29 is 13.6 Å². The lowest BCUT2D eigenvalue weighted by Gasteiger charge is -2.45. The average molecular weight is 358 g/mol. The highest BCUT2D eigenvalue weighted by Crippen LogP contribution is 2.49. The van der Waals surface area contributed by atoms with E-state index < -0.39 is 11.6 Å². The molecule has 1 spiro atoms. The van der Waals surface area contributed by atoms with E-state index in [9.17, 15) is 13.6 Å². The third kappa shape index (κ3) is 3.25. The second-order valence-electron chi connectivity index (χ2n) is 7.28. The lowest BCUT2D eigenvalue weighted by atomic mass is 9.65. The van der Waals surface area contributed by atoms with Crippen LogP contribution >= 0.6 is 0 Å². The van der Waals surface area contributed by atoms with E-state index in [0.717, 1.165) is 25.3 Å². The maximum atomic E-state index is 13.8. The molecule has 1 amide bonds. The molecule has 2 aromatic rings. The minimum atomic E-state index is -0.925. The first-order valence-corrected chi connectivity index (χ1v) is 8.79. The minimum Gasteiger partial charge on any atom is -0.351 e. The normalized spacial score (nSPS) is 24.5. The van der Waals surface area contributed by atoms with Crippen LogP contribution in [0, 0.1) is 17.0 Å². The molecular weight excluding hydrogens is 338 g/mol. The second-order valence-corrected chi connectivity index (χ2v) is 7.28. The first kappa shape index (κ1) is 16.9. The van der Waals surface area contributed by atoms with Crippen molar-refractivity contribution in [1.82, 2.24) is 14.9 Å². The molecule has 0 bridgehead atoms. The Labute approximate surface area is 150 Å². The Hall–Kier alpha value is -2.57. The Morgan fingerprint density at radius 1 is 1.23 bits per heavy atom. The molecule has 1 saturated carbocycles. The number of carbonyl (C=O) groups is 1. The Morgan fingerprint density at radius 2 is 2.00 bits per heavy atom. The molecule has 0 atom stereocenters. The molecule has 1 aromatic carbocycles. The number of halogens is 2. The van der Waals surface area contributed by atoms with E-state index in [4.69, 9.17) is 0 Å². The zero-order valence-electron chi connectivity index (χ0n) is 14.3. The number of carbonyl (C=O) groups excluding carboxylic acids is 1. The average Bonchev–Trinajstić information content (AvgIpc) is 3.05. The van der Waals surface area contributed by atoms with Gasteiger partial charge in [0, 0.05) is 37.1 Å². The van der Waals surface area contributed by atoms with Gasteiger partial charge in [0.25, 0.3) is 0 Å². The molecule has 7 heteroatoms. The van der Waals surface area contributed by atoms with Crippen LogP contribution in [0.2, 0.25) is 0 Å². The lowest BCUT2D eigenvalue weighted by molar-refractivity contribution is -0.130. The molecule has 26 heavy (non-hydrogen) atoms. The van der Waals surface area contributed by atoms with Crippen molar-refractivity contribution in [1.29, 1.82) is 0 Å². The van der Waals surface area contributed by atoms with E-state index in [1.165, 1.54) is 12.1 Å². The minimum absolute atomic E-state index is 0.0980. The molecule has 2 fully saturated rings. The van der Waals surface area contributed by atoms with Crippen molar-refractivity contribution in [3.8, 4) is 0 Å². The number of anilines is 1. The molecule has 2 aliphatic rings.